The van der Waals surface area contributed by atoms with Gasteiger partial charge in [-0.1, -0.05) is 55.8 Å². The van der Waals surface area contributed by atoms with Crippen molar-refractivity contribution in [1.29, 1.82) is 0 Å². The van der Waals surface area contributed by atoms with Crippen LogP contribution in [0.5, 0.6) is 5.75 Å². The highest BCUT2D eigenvalue weighted by Crippen LogP contribution is 2.33. The van der Waals surface area contributed by atoms with Gasteiger partial charge in [0.15, 0.2) is 5.96 Å². The Morgan fingerprint density at radius 3 is 1.37 bits per heavy atom. The number of nitrogens with zero attached hydrogens (tertiary/aromatic N) is 1. The molecule has 11 unspecified atom stereocenters. The molecule has 0 spiro atoms. The molecule has 0 saturated carbocycles. The summed E-state index contributed by atoms with van der Waals surface area (Å²) in [6, 6.07) is 14.0. The number of carboxylic acids is 3. The number of benzene rings is 2. The molecule has 0 aromatic heterocycles. The van der Waals surface area contributed by atoms with Crippen LogP contribution in [-0.2, 0) is 80.0 Å². The highest BCUT2D eigenvalue weighted by atomic mass is 16.4. The minimum atomic E-state index is -1.56. The van der Waals surface area contributed by atoms with Crippen LogP contribution >= 0.6 is 0 Å². The van der Waals surface area contributed by atoms with E-state index >= 15 is 4.79 Å². The lowest BCUT2D eigenvalue weighted by molar-refractivity contribution is -0.145. The van der Waals surface area contributed by atoms with Crippen molar-refractivity contribution in [3.63, 3.8) is 0 Å². The average Bonchev–Trinajstić information content (AvgIpc) is 0.986. The van der Waals surface area contributed by atoms with Crippen molar-refractivity contribution in [2.24, 2.45) is 98.6 Å². The standard InChI is InChI=1S/C69H101N7O19/c1-3-44(14-7-9-25-70)56(80)32-45(15-11-27-76-69(74)75)58(82)36-51(39-65(73)89)62(86)40-61(85)49(38-64(72)88)30-48(28-42-12-5-4-6-13-42)60(84)35-50(55(79)16-8-10-26-71)31-54(41(2)77)63(87)34-47(20-24-67(92)93)57(81)33-46(19-23-66(90)91)59(83)37-52(68(94)95)29-43-17-21-53(78)22-18-43/h4-6,12-13,17-18,21-22,41,44-52,54,77-78H,3,7-11,14-16,19-20,23-40,70-71H2,1-2H3,(H2,72,88)(H2,73,89)(H,90,91)(H,92,93)(H,94,95)(H4,74,75,76). The van der Waals surface area contributed by atoms with Crippen LogP contribution in [0.25, 0.3) is 0 Å². The quantitative estimate of drug-likeness (QED) is 0.0186. The SMILES string of the molecule is CCC(CCCCN)C(=O)CC(CCCN=C(N)N)C(=O)CC(CC(N)=O)C(=O)CC(=O)C(CC(N)=O)CC(Cc1ccccc1)C(=O)CC(CC(C(=O)CC(CCC(=O)O)C(=O)CC(CCC(=O)O)C(=O)CC(Cc1ccc(O)cc1)C(=O)O)C(C)O)C(=O)CCCCN. The van der Waals surface area contributed by atoms with Crippen molar-refractivity contribution in [2.75, 3.05) is 19.6 Å². The monoisotopic (exact) mass is 1330 g/mol. The molecule has 2 aromatic rings. The summed E-state index contributed by atoms with van der Waals surface area (Å²) in [5.41, 5.74) is 34.8. The third-order valence-corrected chi connectivity index (χ3v) is 17.6. The number of aliphatic carboxylic acids is 3. The van der Waals surface area contributed by atoms with Crippen molar-refractivity contribution < 1.29 is 92.7 Å². The van der Waals surface area contributed by atoms with Gasteiger partial charge in [-0.15, -0.1) is 0 Å². The van der Waals surface area contributed by atoms with E-state index < -0.39 is 225 Å². The molecule has 0 aliphatic heterocycles. The van der Waals surface area contributed by atoms with E-state index in [2.05, 4.69) is 4.99 Å². The lowest BCUT2D eigenvalue weighted by Crippen LogP contribution is -2.36. The lowest BCUT2D eigenvalue weighted by atomic mass is 9.75. The summed E-state index contributed by atoms with van der Waals surface area (Å²) >= 11 is 0. The van der Waals surface area contributed by atoms with E-state index in [1.807, 2.05) is 6.92 Å². The van der Waals surface area contributed by atoms with Gasteiger partial charge in [-0.2, -0.15) is 0 Å². The minimum absolute atomic E-state index is 0.0876. The molecule has 2 amide bonds. The van der Waals surface area contributed by atoms with Crippen LogP contribution < -0.4 is 34.4 Å². The zero-order valence-electron chi connectivity index (χ0n) is 54.9. The first kappa shape index (κ1) is 82.9. The van der Waals surface area contributed by atoms with Crippen molar-refractivity contribution in [1.82, 2.24) is 0 Å². The zero-order chi connectivity index (χ0) is 71.3. The average molecular weight is 1330 g/mol. The maximum atomic E-state index is 15.0. The van der Waals surface area contributed by atoms with E-state index in [0.717, 1.165) is 0 Å². The van der Waals surface area contributed by atoms with Crippen LogP contribution in [-0.4, -0.2) is 139 Å². The van der Waals surface area contributed by atoms with Crippen LogP contribution in [0.2, 0.25) is 0 Å². The molecule has 11 atom stereocenters. The minimum Gasteiger partial charge on any atom is -0.508 e. The van der Waals surface area contributed by atoms with Gasteiger partial charge in [-0.25, -0.2) is 0 Å². The largest absolute Gasteiger partial charge is 0.508 e. The second-order valence-corrected chi connectivity index (χ2v) is 25.2. The number of ketones is 9. The summed E-state index contributed by atoms with van der Waals surface area (Å²) in [6.45, 7) is 3.84. The lowest BCUT2D eigenvalue weighted by Gasteiger charge is -2.28. The molecule has 0 aliphatic rings. The van der Waals surface area contributed by atoms with E-state index in [9.17, 15) is 87.9 Å². The number of aromatic hydroxyl groups is 1. The van der Waals surface area contributed by atoms with Gasteiger partial charge in [0.2, 0.25) is 11.8 Å². The number of aliphatic hydroxyl groups is 1. The molecule has 17 N–H and O–H groups in total. The Hall–Kier alpha value is -8.23. The summed E-state index contributed by atoms with van der Waals surface area (Å²) in [5, 5.41) is 50.4. The Balaban J connectivity index is 2.61. The number of aliphatic hydroxyl groups excluding tert-OH is 1. The summed E-state index contributed by atoms with van der Waals surface area (Å²) in [7, 11) is 0. The molecule has 2 rings (SSSR count). The third-order valence-electron chi connectivity index (χ3n) is 17.6. The summed E-state index contributed by atoms with van der Waals surface area (Å²) < 4.78 is 0. The summed E-state index contributed by atoms with van der Waals surface area (Å²) in [6.07, 6.45) is -7.30. The molecule has 26 nitrogen and oxygen atoms in total. The fraction of sp³-hybridized carbons (Fsp3) is 0.609. The fourth-order valence-corrected chi connectivity index (χ4v) is 12.0. The van der Waals surface area contributed by atoms with Gasteiger partial charge in [0.25, 0.3) is 0 Å². The molecule has 0 aliphatic carbocycles. The predicted octanol–water partition coefficient (Wildman–Crippen LogP) is 4.64. The van der Waals surface area contributed by atoms with E-state index in [0.29, 0.717) is 49.8 Å². The molecular formula is C69H101N7O19. The number of aliphatic imine (C=N–C) groups is 1. The number of phenols is 1. The van der Waals surface area contributed by atoms with Crippen molar-refractivity contribution >= 4 is 87.7 Å². The van der Waals surface area contributed by atoms with Gasteiger partial charge in [0, 0.05) is 130 Å². The van der Waals surface area contributed by atoms with Crippen molar-refractivity contribution in [3.05, 3.63) is 65.7 Å². The first-order valence-corrected chi connectivity index (χ1v) is 32.8. The van der Waals surface area contributed by atoms with Gasteiger partial charge in [0.05, 0.1) is 18.4 Å². The van der Waals surface area contributed by atoms with E-state index in [1.54, 1.807) is 30.3 Å². The van der Waals surface area contributed by atoms with Gasteiger partial charge in [0.1, 0.15) is 57.8 Å². The van der Waals surface area contributed by atoms with Crippen molar-refractivity contribution in [2.45, 2.75) is 187 Å². The smallest absolute Gasteiger partial charge is 0.307 e. The number of Topliss-reactive ketones (excluding diaryl/α,β-unsaturated/α-hetero) is 9. The van der Waals surface area contributed by atoms with Crippen LogP contribution in [0.3, 0.4) is 0 Å². The highest BCUT2D eigenvalue weighted by Gasteiger charge is 2.39. The van der Waals surface area contributed by atoms with Gasteiger partial charge in [-0.05, 0) is 127 Å². The second kappa shape index (κ2) is 44.4. The van der Waals surface area contributed by atoms with Crippen LogP contribution in [0.4, 0.5) is 0 Å². The Labute approximate surface area is 554 Å². The summed E-state index contributed by atoms with van der Waals surface area (Å²) in [4.78, 5) is 194. The molecule has 0 radical (unpaired) electrons. The molecule has 2 aromatic carbocycles. The number of nitrogens with two attached hydrogens (primary N) is 6. The Morgan fingerprint density at radius 2 is 0.863 bits per heavy atom. The Morgan fingerprint density at radius 1 is 0.432 bits per heavy atom. The van der Waals surface area contributed by atoms with E-state index in [-0.39, 0.29) is 81.4 Å². The van der Waals surface area contributed by atoms with E-state index in [1.165, 1.54) is 31.2 Å². The zero-order valence-corrected chi connectivity index (χ0v) is 54.9. The number of hydrogen-bond acceptors (Lipinski definition) is 19. The maximum Gasteiger partial charge on any atom is 0.307 e. The molecular weight excluding hydrogens is 1230 g/mol. The number of primary amides is 2. The molecule has 0 saturated heterocycles. The number of unbranched alkanes of at least 4 members (excludes halogenated alkanes) is 2. The molecule has 0 heterocycles. The number of carboxylic acid groups (broad SMARTS) is 3. The first-order chi connectivity index (χ1) is 44.9. The first-order valence-electron chi connectivity index (χ1n) is 32.8. The third kappa shape index (κ3) is 33.1. The number of hydrogen-bond donors (Lipinski definition) is 11. The molecule has 26 heteroatoms. The van der Waals surface area contributed by atoms with Crippen LogP contribution in [0.1, 0.15) is 179 Å². The van der Waals surface area contributed by atoms with Gasteiger partial charge >= 0.3 is 17.9 Å². The predicted molar refractivity (Wildman–Crippen MR) is 350 cm³/mol. The maximum absolute atomic E-state index is 15.0. The molecule has 526 valence electrons. The highest BCUT2D eigenvalue weighted by molar-refractivity contribution is 6.05. The van der Waals surface area contributed by atoms with Crippen LogP contribution in [0, 0.1) is 59.2 Å². The van der Waals surface area contributed by atoms with Crippen LogP contribution in [0.15, 0.2) is 59.6 Å². The summed E-state index contributed by atoms with van der Waals surface area (Å²) in [5.74, 6) is -24.8. The van der Waals surface area contributed by atoms with Gasteiger partial charge in [-0.3, -0.25) is 72.1 Å². The molecule has 95 heavy (non-hydrogen) atoms. The number of phenolic OH excluding ortho intramolecular Hbond substituents is 1. The topological polar surface area (TPSA) is 509 Å². The number of carbonyl (C=O) groups excluding carboxylic acids is 11. The molecule has 0 bridgehead atoms. The molecule has 0 fully saturated rings. The number of guanidine groups is 1. The fourth-order valence-electron chi connectivity index (χ4n) is 12.0. The number of amides is 2. The number of rotatable bonds is 56. The second-order valence-electron chi connectivity index (χ2n) is 25.2. The number of carbonyl (C=O) groups is 14. The van der Waals surface area contributed by atoms with Crippen molar-refractivity contribution in [3.8, 4) is 5.75 Å². The van der Waals surface area contributed by atoms with Gasteiger partial charge < -0.3 is 59.9 Å². The normalized spacial score (nSPS) is 14.8. The Bertz CT molecular complexity index is 2930. The van der Waals surface area contributed by atoms with E-state index in [4.69, 9.17) is 34.4 Å². The Kier molecular flexibility index (Phi) is 38.8.